The molecule has 1 heterocycles. The van der Waals surface area contributed by atoms with E-state index < -0.39 is 0 Å². The highest BCUT2D eigenvalue weighted by Gasteiger charge is 2.40. The van der Waals surface area contributed by atoms with Gasteiger partial charge in [-0.15, -0.1) is 0 Å². The zero-order valence-corrected chi connectivity index (χ0v) is 12.5. The van der Waals surface area contributed by atoms with E-state index >= 15 is 0 Å². The molecule has 2 aromatic rings. The molecule has 3 rings (SSSR count). The zero-order valence-electron chi connectivity index (χ0n) is 11.7. The van der Waals surface area contributed by atoms with Crippen molar-refractivity contribution in [3.8, 4) is 0 Å². The van der Waals surface area contributed by atoms with E-state index in [9.17, 15) is 4.79 Å². The molecule has 1 fully saturated rings. The quantitative estimate of drug-likeness (QED) is 0.791. The average Bonchev–Trinajstić information content (AvgIpc) is 3.02. The minimum Gasteiger partial charge on any atom is -0.298 e. The monoisotopic (exact) mass is 284 g/mol. The number of benzene rings is 1. The Morgan fingerprint density at radius 3 is 2.45 bits per heavy atom. The molecule has 0 saturated heterocycles. The van der Waals surface area contributed by atoms with Gasteiger partial charge < -0.3 is 0 Å². The number of thiophene rings is 1. The third kappa shape index (κ3) is 2.57. The molecule has 1 aliphatic rings. The number of rotatable bonds is 4. The summed E-state index contributed by atoms with van der Waals surface area (Å²) in [5.41, 5.74) is 2.15. The van der Waals surface area contributed by atoms with Crippen LogP contribution in [0.15, 0.2) is 47.2 Å². The number of hydrogen-bond donors (Lipinski definition) is 0. The van der Waals surface area contributed by atoms with E-state index in [1.165, 1.54) is 30.4 Å². The van der Waals surface area contributed by atoms with Crippen LogP contribution in [-0.2, 0) is 16.6 Å². The van der Waals surface area contributed by atoms with Crippen LogP contribution in [0.1, 0.15) is 43.2 Å². The van der Waals surface area contributed by atoms with Crippen molar-refractivity contribution in [3.05, 3.63) is 58.3 Å². The summed E-state index contributed by atoms with van der Waals surface area (Å²) < 4.78 is 0. The maximum atomic E-state index is 13.0. The number of Topliss-reactive ketones (excluding diaryl/α,β-unsaturated/α-hetero) is 1. The molecule has 1 aromatic heterocycles. The lowest BCUT2D eigenvalue weighted by molar-refractivity contribution is -0.125. The highest BCUT2D eigenvalue weighted by atomic mass is 32.1. The summed E-state index contributed by atoms with van der Waals surface area (Å²) in [7, 11) is 0. The molecule has 0 bridgehead atoms. The lowest BCUT2D eigenvalue weighted by Crippen LogP contribution is -2.39. The first-order valence-corrected chi connectivity index (χ1v) is 8.35. The summed E-state index contributed by atoms with van der Waals surface area (Å²) in [6, 6.07) is 12.5. The molecule has 0 atom stereocenters. The normalized spacial score (nSPS) is 17.8. The van der Waals surface area contributed by atoms with Crippen molar-refractivity contribution in [1.29, 1.82) is 0 Å². The van der Waals surface area contributed by atoms with Crippen LogP contribution < -0.4 is 0 Å². The number of carbonyl (C=O) groups is 1. The van der Waals surface area contributed by atoms with Crippen molar-refractivity contribution in [2.24, 2.45) is 0 Å². The Labute approximate surface area is 124 Å². The second-order valence-electron chi connectivity index (χ2n) is 5.74. The van der Waals surface area contributed by atoms with Gasteiger partial charge in [0.1, 0.15) is 5.78 Å². The highest BCUT2D eigenvalue weighted by Crippen LogP contribution is 2.41. The zero-order chi connectivity index (χ0) is 13.8. The summed E-state index contributed by atoms with van der Waals surface area (Å²) in [6.07, 6.45) is 6.22. The topological polar surface area (TPSA) is 17.1 Å². The Bertz CT molecular complexity index is 550. The van der Waals surface area contributed by atoms with Crippen molar-refractivity contribution >= 4 is 17.1 Å². The van der Waals surface area contributed by atoms with Crippen LogP contribution in [0.3, 0.4) is 0 Å². The van der Waals surface area contributed by atoms with Crippen LogP contribution in [0.5, 0.6) is 0 Å². The van der Waals surface area contributed by atoms with E-state index in [0.29, 0.717) is 12.2 Å². The van der Waals surface area contributed by atoms with Gasteiger partial charge in [-0.05, 0) is 40.8 Å². The Kier molecular flexibility index (Phi) is 4.02. The predicted octanol–water partition coefficient (Wildman–Crippen LogP) is 4.76. The van der Waals surface area contributed by atoms with Crippen LogP contribution in [0.25, 0.3) is 0 Å². The lowest BCUT2D eigenvalue weighted by atomic mass is 9.66. The lowest BCUT2D eigenvalue weighted by Gasteiger charge is -2.36. The Balaban J connectivity index is 1.91. The molecule has 1 aliphatic carbocycles. The predicted molar refractivity (Wildman–Crippen MR) is 84.2 cm³/mol. The summed E-state index contributed by atoms with van der Waals surface area (Å²) in [6.45, 7) is 0. The van der Waals surface area contributed by atoms with E-state index in [0.717, 1.165) is 12.8 Å². The maximum absolute atomic E-state index is 13.0. The molecule has 0 radical (unpaired) electrons. The molecule has 2 heteroatoms. The van der Waals surface area contributed by atoms with Gasteiger partial charge in [-0.2, -0.15) is 11.3 Å². The molecule has 0 spiro atoms. The van der Waals surface area contributed by atoms with E-state index in [-0.39, 0.29) is 5.41 Å². The molecule has 20 heavy (non-hydrogen) atoms. The van der Waals surface area contributed by atoms with Gasteiger partial charge in [-0.3, -0.25) is 4.79 Å². The first-order valence-electron chi connectivity index (χ1n) is 7.41. The van der Waals surface area contributed by atoms with Crippen molar-refractivity contribution < 1.29 is 4.79 Å². The summed E-state index contributed by atoms with van der Waals surface area (Å²) >= 11 is 1.67. The van der Waals surface area contributed by atoms with Crippen LogP contribution in [-0.4, -0.2) is 5.78 Å². The second-order valence-corrected chi connectivity index (χ2v) is 6.52. The fourth-order valence-corrected chi connectivity index (χ4v) is 4.06. The van der Waals surface area contributed by atoms with E-state index in [1.807, 2.05) is 6.07 Å². The Morgan fingerprint density at radius 2 is 1.80 bits per heavy atom. The molecule has 0 aliphatic heterocycles. The molecule has 1 aromatic carbocycles. The first-order chi connectivity index (χ1) is 9.81. The number of ketones is 1. The maximum Gasteiger partial charge on any atom is 0.147 e. The summed E-state index contributed by atoms with van der Waals surface area (Å²) in [4.78, 5) is 13.0. The molecule has 104 valence electrons. The van der Waals surface area contributed by atoms with E-state index in [2.05, 4.69) is 41.1 Å². The Hall–Kier alpha value is -1.41. The Morgan fingerprint density at radius 1 is 1.05 bits per heavy atom. The van der Waals surface area contributed by atoms with Crippen LogP contribution >= 0.6 is 11.3 Å². The van der Waals surface area contributed by atoms with Gasteiger partial charge in [0.25, 0.3) is 0 Å². The van der Waals surface area contributed by atoms with E-state index in [4.69, 9.17) is 0 Å². The van der Waals surface area contributed by atoms with Gasteiger partial charge >= 0.3 is 0 Å². The standard InChI is InChI=1S/C18H20OS/c19-17(13-15-9-12-20-14-15)18(10-5-2-6-11-18)16-7-3-1-4-8-16/h1,3-4,7-9,12,14H,2,5-6,10-11,13H2. The molecule has 0 N–H and O–H groups in total. The van der Waals surface area contributed by atoms with Gasteiger partial charge in [0, 0.05) is 6.42 Å². The summed E-state index contributed by atoms with van der Waals surface area (Å²) in [5.74, 6) is 0.404. The minimum absolute atomic E-state index is 0.235. The van der Waals surface area contributed by atoms with Crippen molar-refractivity contribution in [2.75, 3.05) is 0 Å². The number of carbonyl (C=O) groups excluding carboxylic acids is 1. The first kappa shape index (κ1) is 13.6. The number of hydrogen-bond acceptors (Lipinski definition) is 2. The third-order valence-electron chi connectivity index (χ3n) is 4.51. The fourth-order valence-electron chi connectivity index (χ4n) is 3.39. The largest absolute Gasteiger partial charge is 0.298 e. The average molecular weight is 284 g/mol. The summed E-state index contributed by atoms with van der Waals surface area (Å²) in [5, 5.41) is 4.15. The molecule has 1 saturated carbocycles. The van der Waals surface area contributed by atoms with Gasteiger partial charge in [0.2, 0.25) is 0 Å². The smallest absolute Gasteiger partial charge is 0.147 e. The van der Waals surface area contributed by atoms with Crippen LogP contribution in [0, 0.1) is 0 Å². The van der Waals surface area contributed by atoms with Gasteiger partial charge in [-0.1, -0.05) is 49.6 Å². The fraction of sp³-hybridized carbons (Fsp3) is 0.389. The van der Waals surface area contributed by atoms with Crippen LogP contribution in [0.4, 0.5) is 0 Å². The van der Waals surface area contributed by atoms with E-state index in [1.54, 1.807) is 11.3 Å². The minimum atomic E-state index is -0.235. The SMILES string of the molecule is O=C(Cc1ccsc1)C1(c2ccccc2)CCCCC1. The van der Waals surface area contributed by atoms with Crippen molar-refractivity contribution in [3.63, 3.8) is 0 Å². The second kappa shape index (κ2) is 5.92. The van der Waals surface area contributed by atoms with Crippen molar-refractivity contribution in [2.45, 2.75) is 43.9 Å². The molecular weight excluding hydrogens is 264 g/mol. The molecule has 0 amide bonds. The van der Waals surface area contributed by atoms with Gasteiger partial charge in [0.05, 0.1) is 5.41 Å². The van der Waals surface area contributed by atoms with Crippen LogP contribution in [0.2, 0.25) is 0 Å². The molecule has 0 unspecified atom stereocenters. The molecule has 1 nitrogen and oxygen atoms in total. The van der Waals surface area contributed by atoms with Crippen molar-refractivity contribution in [1.82, 2.24) is 0 Å². The van der Waals surface area contributed by atoms with Gasteiger partial charge in [0.15, 0.2) is 0 Å². The third-order valence-corrected chi connectivity index (χ3v) is 5.24. The highest BCUT2D eigenvalue weighted by molar-refractivity contribution is 7.08. The molecular formula is C18H20OS. The van der Waals surface area contributed by atoms with Gasteiger partial charge in [-0.25, -0.2) is 0 Å².